The van der Waals surface area contributed by atoms with E-state index < -0.39 is 5.60 Å². The van der Waals surface area contributed by atoms with Gasteiger partial charge in [-0.1, -0.05) is 18.2 Å². The summed E-state index contributed by atoms with van der Waals surface area (Å²) in [5.74, 6) is 0.999. The fourth-order valence-electron chi connectivity index (χ4n) is 3.32. The predicted molar refractivity (Wildman–Crippen MR) is 96.5 cm³/mol. The predicted octanol–water partition coefficient (Wildman–Crippen LogP) is 3.38. The van der Waals surface area contributed by atoms with Crippen molar-refractivity contribution in [1.82, 2.24) is 19.4 Å². The molecule has 1 amide bonds. The van der Waals surface area contributed by atoms with Gasteiger partial charge in [-0.3, -0.25) is 4.98 Å². The third-order valence-electron chi connectivity index (χ3n) is 4.41. The highest BCUT2D eigenvalue weighted by atomic mass is 16.6. The Morgan fingerprint density at radius 1 is 1.12 bits per heavy atom. The van der Waals surface area contributed by atoms with Gasteiger partial charge in [-0.25, -0.2) is 9.78 Å². The summed E-state index contributed by atoms with van der Waals surface area (Å²) >= 11 is 0. The number of nitrogens with zero attached hydrogens (tertiary/aromatic N) is 4. The Balaban J connectivity index is 1.69. The average Bonchev–Trinajstić information content (AvgIpc) is 2.78. The topological polar surface area (TPSA) is 60.2 Å². The van der Waals surface area contributed by atoms with E-state index in [9.17, 15) is 4.79 Å². The molecule has 0 aliphatic carbocycles. The molecule has 1 aromatic carbocycles. The lowest BCUT2D eigenvalue weighted by molar-refractivity contribution is 0.0254. The largest absolute Gasteiger partial charge is 0.444 e. The van der Waals surface area contributed by atoms with E-state index in [-0.39, 0.29) is 6.09 Å². The Labute approximate surface area is 146 Å². The molecule has 6 heteroatoms. The summed E-state index contributed by atoms with van der Waals surface area (Å²) in [6, 6.07) is 8.10. The molecule has 3 heterocycles. The summed E-state index contributed by atoms with van der Waals surface area (Å²) in [6.07, 6.45) is 2.29. The second-order valence-electron chi connectivity index (χ2n) is 7.41. The van der Waals surface area contributed by atoms with E-state index in [4.69, 9.17) is 9.72 Å². The second-order valence-corrected chi connectivity index (χ2v) is 7.41. The summed E-state index contributed by atoms with van der Waals surface area (Å²) in [4.78, 5) is 23.4. The quantitative estimate of drug-likeness (QED) is 0.630. The molecule has 0 unspecified atom stereocenters. The zero-order valence-electron chi connectivity index (χ0n) is 14.8. The van der Waals surface area contributed by atoms with E-state index in [0.717, 1.165) is 27.8 Å². The van der Waals surface area contributed by atoms with Gasteiger partial charge in [0.2, 0.25) is 0 Å². The minimum absolute atomic E-state index is 0.255. The molecule has 0 atom stereocenters. The number of imidazole rings is 1. The maximum absolute atomic E-state index is 12.4. The molecular weight excluding hydrogens is 316 g/mol. The minimum atomic E-state index is -0.481. The van der Waals surface area contributed by atoms with E-state index in [1.54, 1.807) is 4.90 Å². The number of ether oxygens (including phenoxy) is 1. The molecule has 0 saturated carbocycles. The van der Waals surface area contributed by atoms with Gasteiger partial charge in [-0.05, 0) is 26.8 Å². The van der Waals surface area contributed by atoms with Crippen LogP contribution in [0, 0.1) is 0 Å². The Bertz CT molecular complexity index is 955. The molecule has 4 rings (SSSR count). The number of carbonyl (C=O) groups excluding carboxylic acids is 1. The van der Waals surface area contributed by atoms with E-state index in [1.165, 1.54) is 0 Å². The molecule has 0 N–H and O–H groups in total. The van der Waals surface area contributed by atoms with Gasteiger partial charge in [0.25, 0.3) is 0 Å². The highest BCUT2D eigenvalue weighted by molar-refractivity contribution is 6.02. The van der Waals surface area contributed by atoms with Crippen LogP contribution in [-0.2, 0) is 17.7 Å². The van der Waals surface area contributed by atoms with Gasteiger partial charge in [-0.15, -0.1) is 0 Å². The van der Waals surface area contributed by atoms with Crippen LogP contribution in [0.4, 0.5) is 4.79 Å². The maximum atomic E-state index is 12.4. The standard InChI is InChI=1S/C19H22N4O2/c1-19(2,3)25-18(24)22-9-8-16-21-15-12-20-14-7-5-4-6-13(14)17(15)23(16)11-10-22/h4-7,12H,8-11H2,1-3H3. The van der Waals surface area contributed by atoms with Crippen molar-refractivity contribution >= 4 is 28.0 Å². The monoisotopic (exact) mass is 338 g/mol. The lowest BCUT2D eigenvalue weighted by Gasteiger charge is -2.26. The molecule has 1 aliphatic rings. The van der Waals surface area contributed by atoms with Crippen LogP contribution in [-0.4, -0.2) is 44.2 Å². The van der Waals surface area contributed by atoms with Crippen LogP contribution in [0.15, 0.2) is 30.5 Å². The lowest BCUT2D eigenvalue weighted by atomic mass is 10.2. The molecule has 3 aromatic rings. The third-order valence-corrected chi connectivity index (χ3v) is 4.41. The van der Waals surface area contributed by atoms with Crippen molar-refractivity contribution in [3.8, 4) is 0 Å². The summed E-state index contributed by atoms with van der Waals surface area (Å²) < 4.78 is 7.74. The fraction of sp³-hybridized carbons (Fsp3) is 0.421. The molecule has 130 valence electrons. The van der Waals surface area contributed by atoms with Gasteiger partial charge in [0.05, 0.1) is 17.2 Å². The molecule has 25 heavy (non-hydrogen) atoms. The van der Waals surface area contributed by atoms with Crippen LogP contribution < -0.4 is 0 Å². The number of aromatic nitrogens is 3. The molecule has 6 nitrogen and oxygen atoms in total. The average molecular weight is 338 g/mol. The first-order valence-corrected chi connectivity index (χ1v) is 8.63. The number of fused-ring (bicyclic) bond motifs is 5. The van der Waals surface area contributed by atoms with Gasteiger partial charge >= 0.3 is 6.09 Å². The SMILES string of the molecule is CC(C)(C)OC(=O)N1CCc2nc3cnc4ccccc4c3n2CC1. The molecule has 0 radical (unpaired) electrons. The van der Waals surface area contributed by atoms with Gasteiger partial charge in [-0.2, -0.15) is 0 Å². The van der Waals surface area contributed by atoms with Crippen LogP contribution >= 0.6 is 0 Å². The number of hydrogen-bond acceptors (Lipinski definition) is 4. The van der Waals surface area contributed by atoms with Crippen molar-refractivity contribution in [3.05, 3.63) is 36.3 Å². The van der Waals surface area contributed by atoms with Crippen molar-refractivity contribution in [2.24, 2.45) is 0 Å². The second kappa shape index (κ2) is 5.72. The zero-order chi connectivity index (χ0) is 17.6. The van der Waals surface area contributed by atoms with Gasteiger partial charge < -0.3 is 14.2 Å². The fourth-order valence-corrected chi connectivity index (χ4v) is 3.32. The van der Waals surface area contributed by atoms with Crippen LogP contribution in [0.5, 0.6) is 0 Å². The lowest BCUT2D eigenvalue weighted by Crippen LogP contribution is -2.38. The number of benzene rings is 1. The van der Waals surface area contributed by atoms with E-state index in [0.29, 0.717) is 26.1 Å². The number of amides is 1. The van der Waals surface area contributed by atoms with Crippen molar-refractivity contribution < 1.29 is 9.53 Å². The Morgan fingerprint density at radius 2 is 1.92 bits per heavy atom. The van der Waals surface area contributed by atoms with Crippen molar-refractivity contribution in [2.75, 3.05) is 13.1 Å². The number of pyridine rings is 1. The Hall–Kier alpha value is -2.63. The molecule has 1 aliphatic heterocycles. The van der Waals surface area contributed by atoms with Crippen LogP contribution in [0.3, 0.4) is 0 Å². The Kier molecular flexibility index (Phi) is 3.63. The van der Waals surface area contributed by atoms with E-state index in [1.807, 2.05) is 45.2 Å². The third kappa shape index (κ3) is 2.92. The summed E-state index contributed by atoms with van der Waals surface area (Å²) in [5.41, 5.74) is 2.50. The van der Waals surface area contributed by atoms with E-state index >= 15 is 0 Å². The molecule has 0 spiro atoms. The number of rotatable bonds is 0. The molecule has 0 fully saturated rings. The first-order chi connectivity index (χ1) is 11.9. The molecular formula is C19H22N4O2. The first-order valence-electron chi connectivity index (χ1n) is 8.63. The molecule has 2 aromatic heterocycles. The van der Waals surface area contributed by atoms with Gasteiger partial charge in [0.15, 0.2) is 0 Å². The Morgan fingerprint density at radius 3 is 2.72 bits per heavy atom. The van der Waals surface area contributed by atoms with Crippen LogP contribution in [0.25, 0.3) is 21.9 Å². The highest BCUT2D eigenvalue weighted by Crippen LogP contribution is 2.26. The normalized spacial score (nSPS) is 15.2. The van der Waals surface area contributed by atoms with Crippen molar-refractivity contribution in [2.45, 2.75) is 39.3 Å². The van der Waals surface area contributed by atoms with Crippen LogP contribution in [0.1, 0.15) is 26.6 Å². The highest BCUT2D eigenvalue weighted by Gasteiger charge is 2.25. The molecule has 0 saturated heterocycles. The molecule has 0 bridgehead atoms. The summed E-state index contributed by atoms with van der Waals surface area (Å²) in [7, 11) is 0. The van der Waals surface area contributed by atoms with E-state index in [2.05, 4.69) is 15.6 Å². The first kappa shape index (κ1) is 15.9. The maximum Gasteiger partial charge on any atom is 0.410 e. The smallest absolute Gasteiger partial charge is 0.410 e. The van der Waals surface area contributed by atoms with Crippen molar-refractivity contribution in [3.63, 3.8) is 0 Å². The number of carbonyl (C=O) groups is 1. The summed E-state index contributed by atoms with van der Waals surface area (Å²) in [6.45, 7) is 7.61. The number of hydrogen-bond donors (Lipinski definition) is 0. The minimum Gasteiger partial charge on any atom is -0.444 e. The summed E-state index contributed by atoms with van der Waals surface area (Å²) in [5, 5.41) is 1.10. The van der Waals surface area contributed by atoms with Crippen molar-refractivity contribution in [1.29, 1.82) is 0 Å². The van der Waals surface area contributed by atoms with Gasteiger partial charge in [0.1, 0.15) is 16.9 Å². The number of para-hydroxylation sites is 1. The zero-order valence-corrected chi connectivity index (χ0v) is 14.8. The van der Waals surface area contributed by atoms with Crippen LogP contribution in [0.2, 0.25) is 0 Å². The van der Waals surface area contributed by atoms with Gasteiger partial charge in [0, 0.05) is 31.4 Å².